The van der Waals surface area contributed by atoms with Gasteiger partial charge in [0.15, 0.2) is 0 Å². The number of hydrogen-bond donors (Lipinski definition) is 1. The van der Waals surface area contributed by atoms with E-state index in [2.05, 4.69) is 4.98 Å². The molecule has 84 valence electrons. The summed E-state index contributed by atoms with van der Waals surface area (Å²) in [5.41, 5.74) is 0.916. The second-order valence-electron chi connectivity index (χ2n) is 3.81. The molecule has 0 unspecified atom stereocenters. The third-order valence-electron chi connectivity index (χ3n) is 2.59. The van der Waals surface area contributed by atoms with Gasteiger partial charge in [-0.05, 0) is 18.1 Å². The van der Waals surface area contributed by atoms with Crippen molar-refractivity contribution in [2.75, 3.05) is 6.54 Å². The van der Waals surface area contributed by atoms with Crippen LogP contribution in [0, 0.1) is 0 Å². The van der Waals surface area contributed by atoms with Crippen molar-refractivity contribution in [2.24, 2.45) is 0 Å². The van der Waals surface area contributed by atoms with Gasteiger partial charge in [-0.2, -0.15) is 0 Å². The van der Waals surface area contributed by atoms with Crippen molar-refractivity contribution in [2.45, 2.75) is 19.4 Å². The highest BCUT2D eigenvalue weighted by molar-refractivity contribution is 5.87. The second-order valence-corrected chi connectivity index (χ2v) is 3.81. The van der Waals surface area contributed by atoms with Crippen LogP contribution >= 0.6 is 0 Å². The average Bonchev–Trinajstić information content (AvgIpc) is 2.65. The van der Waals surface area contributed by atoms with Crippen molar-refractivity contribution in [1.82, 2.24) is 9.88 Å². The molecule has 0 bridgehead atoms. The molecule has 1 amide bonds. The topological polar surface area (TPSA) is 70.5 Å². The molecule has 0 aromatic carbocycles. The van der Waals surface area contributed by atoms with Gasteiger partial charge in [-0.15, -0.1) is 0 Å². The van der Waals surface area contributed by atoms with Gasteiger partial charge in [0, 0.05) is 31.9 Å². The van der Waals surface area contributed by atoms with Gasteiger partial charge >= 0.3 is 5.97 Å². The Bertz CT molecular complexity index is 431. The number of pyridine rings is 1. The van der Waals surface area contributed by atoms with Crippen LogP contribution < -0.4 is 0 Å². The zero-order chi connectivity index (χ0) is 11.5. The Labute approximate surface area is 92.7 Å². The van der Waals surface area contributed by atoms with E-state index in [-0.39, 0.29) is 11.5 Å². The highest BCUT2D eigenvalue weighted by atomic mass is 16.4. The molecule has 5 heteroatoms. The molecule has 0 saturated carbocycles. The van der Waals surface area contributed by atoms with Gasteiger partial charge in [0.1, 0.15) is 0 Å². The number of hydrogen-bond acceptors (Lipinski definition) is 3. The fourth-order valence-electron chi connectivity index (χ4n) is 1.78. The van der Waals surface area contributed by atoms with Crippen molar-refractivity contribution in [3.63, 3.8) is 0 Å². The average molecular weight is 220 g/mol. The van der Waals surface area contributed by atoms with Crippen LogP contribution in [0.25, 0.3) is 0 Å². The summed E-state index contributed by atoms with van der Waals surface area (Å²) >= 11 is 0. The van der Waals surface area contributed by atoms with E-state index in [1.165, 1.54) is 6.20 Å². The van der Waals surface area contributed by atoms with E-state index in [0.29, 0.717) is 13.0 Å². The maximum Gasteiger partial charge on any atom is 0.337 e. The van der Waals surface area contributed by atoms with Crippen LogP contribution in [0.5, 0.6) is 0 Å². The Balaban J connectivity index is 2.12. The standard InChI is InChI=1S/C11H12N2O3/c14-10-2-1-3-13(10)7-8-4-9(11(15)16)6-12-5-8/h4-6H,1-3,7H2,(H,15,16). The summed E-state index contributed by atoms with van der Waals surface area (Å²) in [4.78, 5) is 27.7. The van der Waals surface area contributed by atoms with Crippen molar-refractivity contribution >= 4 is 11.9 Å². The Morgan fingerprint density at radius 2 is 2.31 bits per heavy atom. The van der Waals surface area contributed by atoms with Gasteiger partial charge in [0.05, 0.1) is 5.56 Å². The number of carbonyl (C=O) groups excluding carboxylic acids is 1. The van der Waals surface area contributed by atoms with Gasteiger partial charge in [0.25, 0.3) is 0 Å². The first kappa shape index (κ1) is 10.6. The summed E-state index contributed by atoms with van der Waals surface area (Å²) in [7, 11) is 0. The summed E-state index contributed by atoms with van der Waals surface area (Å²) in [6.45, 7) is 1.20. The minimum Gasteiger partial charge on any atom is -0.478 e. The van der Waals surface area contributed by atoms with Crippen molar-refractivity contribution in [3.8, 4) is 0 Å². The molecule has 16 heavy (non-hydrogen) atoms. The molecule has 1 N–H and O–H groups in total. The molecule has 0 atom stereocenters. The predicted molar refractivity (Wildman–Crippen MR) is 55.8 cm³/mol. The van der Waals surface area contributed by atoms with Crippen molar-refractivity contribution in [3.05, 3.63) is 29.6 Å². The Morgan fingerprint density at radius 1 is 1.50 bits per heavy atom. The third-order valence-corrected chi connectivity index (χ3v) is 2.59. The Hall–Kier alpha value is -1.91. The quantitative estimate of drug-likeness (QED) is 0.821. The van der Waals surface area contributed by atoms with Crippen LogP contribution in [-0.4, -0.2) is 33.4 Å². The van der Waals surface area contributed by atoms with E-state index in [4.69, 9.17) is 5.11 Å². The van der Waals surface area contributed by atoms with E-state index in [0.717, 1.165) is 18.5 Å². The van der Waals surface area contributed by atoms with Crippen LogP contribution in [0.2, 0.25) is 0 Å². The first-order chi connectivity index (χ1) is 7.66. The number of carboxylic acid groups (broad SMARTS) is 1. The van der Waals surface area contributed by atoms with Crippen LogP contribution in [0.3, 0.4) is 0 Å². The first-order valence-electron chi connectivity index (χ1n) is 5.12. The molecule has 1 fully saturated rings. The van der Waals surface area contributed by atoms with Gasteiger partial charge in [-0.1, -0.05) is 0 Å². The summed E-state index contributed by atoms with van der Waals surface area (Å²) in [6, 6.07) is 1.56. The maximum absolute atomic E-state index is 11.4. The molecule has 1 saturated heterocycles. The zero-order valence-electron chi connectivity index (χ0n) is 8.72. The summed E-state index contributed by atoms with van der Waals surface area (Å²) in [5.74, 6) is -0.872. The van der Waals surface area contributed by atoms with Crippen molar-refractivity contribution in [1.29, 1.82) is 0 Å². The van der Waals surface area contributed by atoms with E-state index in [9.17, 15) is 9.59 Å². The summed E-state index contributed by atoms with van der Waals surface area (Å²) < 4.78 is 0. The van der Waals surface area contributed by atoms with Crippen LogP contribution in [0.1, 0.15) is 28.8 Å². The molecule has 1 aromatic rings. The second kappa shape index (κ2) is 4.30. The molecule has 5 nitrogen and oxygen atoms in total. The monoisotopic (exact) mass is 220 g/mol. The smallest absolute Gasteiger partial charge is 0.337 e. The van der Waals surface area contributed by atoms with E-state index in [1.54, 1.807) is 17.2 Å². The van der Waals surface area contributed by atoms with Crippen LogP contribution in [0.15, 0.2) is 18.5 Å². The number of rotatable bonds is 3. The highest BCUT2D eigenvalue weighted by Crippen LogP contribution is 2.14. The fraction of sp³-hybridized carbons (Fsp3) is 0.364. The molecule has 1 aliphatic rings. The highest BCUT2D eigenvalue weighted by Gasteiger charge is 2.20. The number of amides is 1. The molecule has 1 aromatic heterocycles. The van der Waals surface area contributed by atoms with E-state index >= 15 is 0 Å². The van der Waals surface area contributed by atoms with Crippen LogP contribution in [0.4, 0.5) is 0 Å². The lowest BCUT2D eigenvalue weighted by Crippen LogP contribution is -2.24. The molecule has 0 aliphatic carbocycles. The minimum absolute atomic E-state index is 0.126. The van der Waals surface area contributed by atoms with Gasteiger partial charge < -0.3 is 10.0 Å². The fourth-order valence-corrected chi connectivity index (χ4v) is 1.78. The third kappa shape index (κ3) is 2.18. The van der Waals surface area contributed by atoms with Gasteiger partial charge in [-0.25, -0.2) is 4.79 Å². The zero-order valence-corrected chi connectivity index (χ0v) is 8.72. The van der Waals surface area contributed by atoms with E-state index < -0.39 is 5.97 Å². The summed E-state index contributed by atoms with van der Waals surface area (Å²) in [5, 5.41) is 8.80. The van der Waals surface area contributed by atoms with Crippen LogP contribution in [-0.2, 0) is 11.3 Å². The molecule has 2 rings (SSSR count). The van der Waals surface area contributed by atoms with E-state index in [1.807, 2.05) is 0 Å². The first-order valence-corrected chi connectivity index (χ1v) is 5.12. The number of nitrogens with zero attached hydrogens (tertiary/aromatic N) is 2. The minimum atomic E-state index is -0.998. The molecule has 0 radical (unpaired) electrons. The lowest BCUT2D eigenvalue weighted by atomic mass is 10.2. The molecular weight excluding hydrogens is 208 g/mol. The van der Waals surface area contributed by atoms with Crippen molar-refractivity contribution < 1.29 is 14.7 Å². The SMILES string of the molecule is O=C(O)c1cncc(CN2CCCC2=O)c1. The lowest BCUT2D eigenvalue weighted by molar-refractivity contribution is -0.128. The lowest BCUT2D eigenvalue weighted by Gasteiger charge is -2.15. The number of carboxylic acids is 1. The summed E-state index contributed by atoms with van der Waals surface area (Å²) in [6.07, 6.45) is 4.37. The largest absolute Gasteiger partial charge is 0.478 e. The number of carbonyl (C=O) groups is 2. The number of aromatic nitrogens is 1. The molecular formula is C11H12N2O3. The van der Waals surface area contributed by atoms with Gasteiger partial charge in [-0.3, -0.25) is 9.78 Å². The predicted octanol–water partition coefficient (Wildman–Crippen LogP) is 0.902. The molecule has 2 heterocycles. The maximum atomic E-state index is 11.4. The molecule has 1 aliphatic heterocycles. The Morgan fingerprint density at radius 3 is 2.94 bits per heavy atom. The number of likely N-dealkylation sites (tertiary alicyclic amines) is 1. The molecule has 0 spiro atoms. The van der Waals surface area contributed by atoms with Gasteiger partial charge in [0.2, 0.25) is 5.91 Å². The normalized spacial score (nSPS) is 15.5. The Kier molecular flexibility index (Phi) is 2.85. The number of aromatic carboxylic acids is 1.